The minimum Gasteiger partial charge on any atom is -0.378 e. The molecular weight excluding hydrogens is 410 g/mol. The van der Waals surface area contributed by atoms with Crippen molar-refractivity contribution < 1.29 is 9.53 Å². The average molecular weight is 438 g/mol. The van der Waals surface area contributed by atoms with Crippen LogP contribution in [0.3, 0.4) is 0 Å². The second kappa shape index (κ2) is 10.1. The van der Waals surface area contributed by atoms with E-state index in [4.69, 9.17) is 21.4 Å². The van der Waals surface area contributed by atoms with Crippen LogP contribution in [0.4, 0.5) is 0 Å². The van der Waals surface area contributed by atoms with Crippen molar-refractivity contribution >= 4 is 17.5 Å². The molecule has 0 radical (unpaired) electrons. The second-order valence-corrected chi connectivity index (χ2v) is 8.60. The van der Waals surface area contributed by atoms with Crippen LogP contribution in [0, 0.1) is 0 Å². The quantitative estimate of drug-likeness (QED) is 0.518. The van der Waals surface area contributed by atoms with Crippen LogP contribution in [0.15, 0.2) is 60.8 Å². The van der Waals surface area contributed by atoms with Crippen molar-refractivity contribution in [2.75, 3.05) is 6.61 Å². The second-order valence-electron chi connectivity index (χ2n) is 8.17. The predicted octanol–water partition coefficient (Wildman–Crippen LogP) is 5.33. The van der Waals surface area contributed by atoms with E-state index in [1.807, 2.05) is 60.3 Å². The lowest BCUT2D eigenvalue weighted by atomic mass is 10.1. The Hall–Kier alpha value is -2.63. The fourth-order valence-electron chi connectivity index (χ4n) is 3.94. The first kappa shape index (κ1) is 21.6. The zero-order valence-electron chi connectivity index (χ0n) is 17.8. The van der Waals surface area contributed by atoms with Crippen molar-refractivity contribution in [1.82, 2.24) is 15.1 Å². The number of carbonyl (C=O) groups excluding carboxylic acids is 1. The van der Waals surface area contributed by atoms with E-state index in [0.29, 0.717) is 28.9 Å². The number of nitrogens with zero attached hydrogens (tertiary/aromatic N) is 2. The molecule has 0 aliphatic carbocycles. The first-order valence-corrected chi connectivity index (χ1v) is 11.3. The Bertz CT molecular complexity index is 995. The lowest BCUT2D eigenvalue weighted by molar-refractivity contribution is 0.0900. The first-order chi connectivity index (χ1) is 15.1. The summed E-state index contributed by atoms with van der Waals surface area (Å²) in [4.78, 5) is 13.2. The van der Waals surface area contributed by atoms with E-state index >= 15 is 0 Å². The SMILES string of the molecule is CC(CCC1CCCO1)NC(=O)c1cn(Cc2ccccc2)nc1-c1ccc(Cl)cc1. The van der Waals surface area contributed by atoms with Gasteiger partial charge in [-0.2, -0.15) is 5.10 Å². The molecule has 1 saturated heterocycles. The molecule has 0 bridgehead atoms. The maximum absolute atomic E-state index is 13.2. The molecule has 4 rings (SSSR count). The minimum atomic E-state index is -0.107. The van der Waals surface area contributed by atoms with Crippen LogP contribution < -0.4 is 5.32 Å². The summed E-state index contributed by atoms with van der Waals surface area (Å²) in [5, 5.41) is 8.53. The lowest BCUT2D eigenvalue weighted by Crippen LogP contribution is -2.33. The molecule has 1 aromatic heterocycles. The topological polar surface area (TPSA) is 56.1 Å². The molecule has 6 heteroatoms. The maximum Gasteiger partial charge on any atom is 0.255 e. The van der Waals surface area contributed by atoms with Gasteiger partial charge in [-0.05, 0) is 50.3 Å². The zero-order valence-corrected chi connectivity index (χ0v) is 18.5. The van der Waals surface area contributed by atoms with Gasteiger partial charge in [-0.15, -0.1) is 0 Å². The van der Waals surface area contributed by atoms with E-state index in [1.54, 1.807) is 0 Å². The Morgan fingerprint density at radius 1 is 1.23 bits per heavy atom. The van der Waals surface area contributed by atoms with Crippen LogP contribution in [0.1, 0.15) is 48.5 Å². The third-order valence-corrected chi connectivity index (χ3v) is 5.89. The van der Waals surface area contributed by atoms with E-state index in [0.717, 1.165) is 43.4 Å². The van der Waals surface area contributed by atoms with Crippen molar-refractivity contribution in [3.63, 3.8) is 0 Å². The smallest absolute Gasteiger partial charge is 0.255 e. The molecule has 0 saturated carbocycles. The molecule has 2 unspecified atom stereocenters. The Kier molecular flexibility index (Phi) is 7.05. The van der Waals surface area contributed by atoms with E-state index in [1.165, 1.54) is 0 Å². The standard InChI is InChI=1S/C25H28ClN3O2/c1-18(9-14-22-8-5-15-31-22)27-25(30)23-17-29(16-19-6-3-2-4-7-19)28-24(23)20-10-12-21(26)13-11-20/h2-4,6-7,10-13,17-18,22H,5,8-9,14-16H2,1H3,(H,27,30). The van der Waals surface area contributed by atoms with E-state index < -0.39 is 0 Å². The minimum absolute atomic E-state index is 0.0623. The van der Waals surface area contributed by atoms with Gasteiger partial charge in [0.1, 0.15) is 5.69 Å². The first-order valence-electron chi connectivity index (χ1n) is 10.9. The Balaban J connectivity index is 1.52. The summed E-state index contributed by atoms with van der Waals surface area (Å²) in [5.41, 5.74) is 3.23. The summed E-state index contributed by atoms with van der Waals surface area (Å²) >= 11 is 6.06. The molecule has 1 aliphatic rings. The van der Waals surface area contributed by atoms with E-state index in [-0.39, 0.29) is 11.9 Å². The van der Waals surface area contributed by atoms with Gasteiger partial charge in [0.25, 0.3) is 5.91 Å². The number of hydrogen-bond acceptors (Lipinski definition) is 3. The maximum atomic E-state index is 13.2. The van der Waals surface area contributed by atoms with Crippen LogP contribution in [0.5, 0.6) is 0 Å². The number of ether oxygens (including phenoxy) is 1. The monoisotopic (exact) mass is 437 g/mol. The molecule has 5 nitrogen and oxygen atoms in total. The summed E-state index contributed by atoms with van der Waals surface area (Å²) in [6, 6.07) is 17.6. The molecule has 2 atom stereocenters. The number of rotatable bonds is 8. The van der Waals surface area contributed by atoms with Crippen molar-refractivity contribution in [3.8, 4) is 11.3 Å². The number of carbonyl (C=O) groups is 1. The predicted molar refractivity (Wildman–Crippen MR) is 123 cm³/mol. The number of amides is 1. The van der Waals surface area contributed by atoms with Gasteiger partial charge >= 0.3 is 0 Å². The fourth-order valence-corrected chi connectivity index (χ4v) is 4.07. The molecule has 1 fully saturated rings. The molecule has 1 amide bonds. The molecule has 2 aromatic carbocycles. The Labute approximate surface area is 188 Å². The highest BCUT2D eigenvalue weighted by Crippen LogP contribution is 2.25. The van der Waals surface area contributed by atoms with Crippen molar-refractivity contribution in [1.29, 1.82) is 0 Å². The zero-order chi connectivity index (χ0) is 21.6. The lowest BCUT2D eigenvalue weighted by Gasteiger charge is -2.16. The number of benzene rings is 2. The van der Waals surface area contributed by atoms with Crippen LogP contribution in [-0.4, -0.2) is 34.4 Å². The summed E-state index contributed by atoms with van der Waals surface area (Å²) in [6.45, 7) is 3.50. The molecule has 2 heterocycles. The molecule has 1 aliphatic heterocycles. The number of nitrogens with one attached hydrogen (secondary N) is 1. The number of hydrogen-bond donors (Lipinski definition) is 1. The fraction of sp³-hybridized carbons (Fsp3) is 0.360. The third-order valence-electron chi connectivity index (χ3n) is 5.63. The summed E-state index contributed by atoms with van der Waals surface area (Å²) < 4.78 is 7.53. The van der Waals surface area contributed by atoms with Gasteiger partial charge in [0, 0.05) is 29.4 Å². The highest BCUT2D eigenvalue weighted by atomic mass is 35.5. The number of halogens is 1. The van der Waals surface area contributed by atoms with Crippen LogP contribution in [0.2, 0.25) is 5.02 Å². The van der Waals surface area contributed by atoms with Crippen molar-refractivity contribution in [3.05, 3.63) is 76.9 Å². The van der Waals surface area contributed by atoms with Crippen LogP contribution >= 0.6 is 11.6 Å². The highest BCUT2D eigenvalue weighted by Gasteiger charge is 2.21. The van der Waals surface area contributed by atoms with Gasteiger partial charge in [0.15, 0.2) is 0 Å². The average Bonchev–Trinajstić information content (AvgIpc) is 3.44. The van der Waals surface area contributed by atoms with Crippen molar-refractivity contribution in [2.24, 2.45) is 0 Å². The third kappa shape index (κ3) is 5.75. The van der Waals surface area contributed by atoms with Gasteiger partial charge in [-0.3, -0.25) is 9.48 Å². The molecular formula is C25H28ClN3O2. The Morgan fingerprint density at radius 2 is 2.00 bits per heavy atom. The highest BCUT2D eigenvalue weighted by molar-refractivity contribution is 6.30. The van der Waals surface area contributed by atoms with Gasteiger partial charge in [0.2, 0.25) is 0 Å². The summed E-state index contributed by atoms with van der Waals surface area (Å²) in [6.07, 6.45) is 6.28. The molecule has 1 N–H and O–H groups in total. The van der Waals surface area contributed by atoms with E-state index in [2.05, 4.69) is 17.4 Å². The number of aromatic nitrogens is 2. The van der Waals surface area contributed by atoms with Crippen LogP contribution in [0.25, 0.3) is 11.3 Å². The molecule has 31 heavy (non-hydrogen) atoms. The van der Waals surface area contributed by atoms with E-state index in [9.17, 15) is 4.79 Å². The van der Waals surface area contributed by atoms with Gasteiger partial charge in [-0.25, -0.2) is 0 Å². The van der Waals surface area contributed by atoms with Crippen LogP contribution in [-0.2, 0) is 11.3 Å². The Morgan fingerprint density at radius 3 is 2.71 bits per heavy atom. The van der Waals surface area contributed by atoms with Crippen molar-refractivity contribution in [2.45, 2.75) is 51.3 Å². The molecule has 162 valence electrons. The normalized spacial score (nSPS) is 16.9. The largest absolute Gasteiger partial charge is 0.378 e. The molecule has 0 spiro atoms. The molecule has 3 aromatic rings. The van der Waals surface area contributed by atoms with Gasteiger partial charge in [0.05, 0.1) is 18.2 Å². The van der Waals surface area contributed by atoms with Gasteiger partial charge in [-0.1, -0.05) is 54.1 Å². The summed E-state index contributed by atoms with van der Waals surface area (Å²) in [5.74, 6) is -0.107. The summed E-state index contributed by atoms with van der Waals surface area (Å²) in [7, 11) is 0. The van der Waals surface area contributed by atoms with Gasteiger partial charge < -0.3 is 10.1 Å².